The van der Waals surface area contributed by atoms with E-state index in [1.54, 1.807) is 25.2 Å². The summed E-state index contributed by atoms with van der Waals surface area (Å²) in [5.41, 5.74) is 1.44. The Morgan fingerprint density at radius 3 is 2.54 bits per heavy atom. The molecule has 2 amide bonds. The molecule has 0 aliphatic rings. The SMILES string of the molecule is COc1ccc(Cl)cc1NC(=O)CC(=O)N(C)Cc1ccccc1. The molecule has 0 aromatic heterocycles. The Labute approximate surface area is 146 Å². The van der Waals surface area contributed by atoms with Crippen molar-refractivity contribution in [2.24, 2.45) is 0 Å². The van der Waals surface area contributed by atoms with E-state index in [0.29, 0.717) is 23.0 Å². The molecule has 0 unspecified atom stereocenters. The van der Waals surface area contributed by atoms with E-state index in [2.05, 4.69) is 5.32 Å². The van der Waals surface area contributed by atoms with Gasteiger partial charge in [0.2, 0.25) is 11.8 Å². The fourth-order valence-electron chi connectivity index (χ4n) is 2.19. The first-order chi connectivity index (χ1) is 11.5. The van der Waals surface area contributed by atoms with Crippen molar-refractivity contribution in [3.63, 3.8) is 0 Å². The Kier molecular flexibility index (Phi) is 6.21. The molecular formula is C18H19ClN2O3. The van der Waals surface area contributed by atoms with Gasteiger partial charge in [-0.3, -0.25) is 9.59 Å². The van der Waals surface area contributed by atoms with Crippen LogP contribution in [-0.4, -0.2) is 30.9 Å². The Balaban J connectivity index is 1.94. The smallest absolute Gasteiger partial charge is 0.233 e. The molecule has 0 atom stereocenters. The van der Waals surface area contributed by atoms with Gasteiger partial charge in [0.15, 0.2) is 0 Å². The van der Waals surface area contributed by atoms with Crippen molar-refractivity contribution >= 4 is 29.1 Å². The molecule has 0 bridgehead atoms. The maximum atomic E-state index is 12.2. The number of hydrogen-bond donors (Lipinski definition) is 1. The lowest BCUT2D eigenvalue weighted by Crippen LogP contribution is -2.30. The van der Waals surface area contributed by atoms with E-state index in [4.69, 9.17) is 16.3 Å². The van der Waals surface area contributed by atoms with Crippen LogP contribution in [-0.2, 0) is 16.1 Å². The Hall–Kier alpha value is -2.53. The summed E-state index contributed by atoms with van der Waals surface area (Å²) in [4.78, 5) is 25.8. The third kappa shape index (κ3) is 4.99. The molecule has 1 N–H and O–H groups in total. The standard InChI is InChI=1S/C18H19ClN2O3/c1-21(12-13-6-4-3-5-7-13)18(23)11-17(22)20-15-10-14(19)8-9-16(15)24-2/h3-10H,11-12H2,1-2H3,(H,20,22). The van der Waals surface area contributed by atoms with Crippen LogP contribution in [0.4, 0.5) is 5.69 Å². The van der Waals surface area contributed by atoms with Gasteiger partial charge in [0.1, 0.15) is 12.2 Å². The maximum Gasteiger partial charge on any atom is 0.233 e. The van der Waals surface area contributed by atoms with Crippen molar-refractivity contribution in [1.29, 1.82) is 0 Å². The molecule has 126 valence electrons. The minimum atomic E-state index is -0.416. The number of halogens is 1. The minimum absolute atomic E-state index is 0.251. The zero-order chi connectivity index (χ0) is 17.5. The number of ether oxygens (including phenoxy) is 1. The van der Waals surface area contributed by atoms with Crippen molar-refractivity contribution in [3.05, 3.63) is 59.1 Å². The third-order valence-corrected chi connectivity index (χ3v) is 3.67. The van der Waals surface area contributed by atoms with Gasteiger partial charge in [0.25, 0.3) is 0 Å². The van der Waals surface area contributed by atoms with E-state index in [-0.39, 0.29) is 12.3 Å². The van der Waals surface area contributed by atoms with Gasteiger partial charge in [0.05, 0.1) is 12.8 Å². The summed E-state index contributed by atoms with van der Waals surface area (Å²) in [5.74, 6) is -0.198. The van der Waals surface area contributed by atoms with E-state index in [1.165, 1.54) is 12.0 Å². The first-order valence-corrected chi connectivity index (χ1v) is 7.78. The second-order valence-electron chi connectivity index (χ2n) is 5.30. The fourth-order valence-corrected chi connectivity index (χ4v) is 2.36. The number of amides is 2. The van der Waals surface area contributed by atoms with E-state index >= 15 is 0 Å². The quantitative estimate of drug-likeness (QED) is 0.816. The average Bonchev–Trinajstić information content (AvgIpc) is 2.55. The number of methoxy groups -OCH3 is 1. The van der Waals surface area contributed by atoms with Crippen molar-refractivity contribution in [2.75, 3.05) is 19.5 Å². The number of nitrogens with one attached hydrogen (secondary N) is 1. The normalized spacial score (nSPS) is 10.1. The monoisotopic (exact) mass is 346 g/mol. The van der Waals surface area contributed by atoms with Crippen LogP contribution >= 0.6 is 11.6 Å². The summed E-state index contributed by atoms with van der Waals surface area (Å²) in [6.45, 7) is 0.452. The summed E-state index contributed by atoms with van der Waals surface area (Å²) in [7, 11) is 3.17. The highest BCUT2D eigenvalue weighted by Gasteiger charge is 2.16. The summed E-state index contributed by atoms with van der Waals surface area (Å²) < 4.78 is 5.16. The Morgan fingerprint density at radius 1 is 1.17 bits per heavy atom. The third-order valence-electron chi connectivity index (χ3n) is 3.44. The molecule has 0 aliphatic carbocycles. The van der Waals surface area contributed by atoms with E-state index in [0.717, 1.165) is 5.56 Å². The van der Waals surface area contributed by atoms with Crippen LogP contribution in [0.5, 0.6) is 5.75 Å². The van der Waals surface area contributed by atoms with Gasteiger partial charge in [-0.2, -0.15) is 0 Å². The lowest BCUT2D eigenvalue weighted by molar-refractivity contribution is -0.134. The van der Waals surface area contributed by atoms with Crippen molar-refractivity contribution in [1.82, 2.24) is 4.90 Å². The zero-order valence-electron chi connectivity index (χ0n) is 13.6. The van der Waals surface area contributed by atoms with Crippen molar-refractivity contribution in [3.8, 4) is 5.75 Å². The predicted molar refractivity (Wildman–Crippen MR) is 94.2 cm³/mol. The molecule has 0 aliphatic heterocycles. The van der Waals surface area contributed by atoms with E-state index in [9.17, 15) is 9.59 Å². The van der Waals surface area contributed by atoms with Crippen LogP contribution < -0.4 is 10.1 Å². The molecule has 0 saturated carbocycles. The number of nitrogens with zero attached hydrogens (tertiary/aromatic N) is 1. The second-order valence-corrected chi connectivity index (χ2v) is 5.74. The Morgan fingerprint density at radius 2 is 1.88 bits per heavy atom. The van der Waals surface area contributed by atoms with Gasteiger partial charge in [0, 0.05) is 18.6 Å². The van der Waals surface area contributed by atoms with Gasteiger partial charge in [-0.05, 0) is 23.8 Å². The summed E-state index contributed by atoms with van der Waals surface area (Å²) in [6, 6.07) is 14.5. The highest BCUT2D eigenvalue weighted by molar-refractivity contribution is 6.31. The average molecular weight is 347 g/mol. The van der Waals surface area contributed by atoms with E-state index in [1.807, 2.05) is 30.3 Å². The van der Waals surface area contributed by atoms with Gasteiger partial charge < -0.3 is 15.0 Å². The van der Waals surface area contributed by atoms with Crippen LogP contribution in [0.3, 0.4) is 0 Å². The first-order valence-electron chi connectivity index (χ1n) is 7.41. The number of hydrogen-bond acceptors (Lipinski definition) is 3. The van der Waals surface area contributed by atoms with E-state index < -0.39 is 5.91 Å². The van der Waals surface area contributed by atoms with Gasteiger partial charge in [-0.1, -0.05) is 41.9 Å². The molecule has 6 heteroatoms. The lowest BCUT2D eigenvalue weighted by atomic mass is 10.2. The highest BCUT2D eigenvalue weighted by Crippen LogP contribution is 2.27. The van der Waals surface area contributed by atoms with Crippen LogP contribution in [0.1, 0.15) is 12.0 Å². The molecule has 24 heavy (non-hydrogen) atoms. The van der Waals surface area contributed by atoms with Crippen molar-refractivity contribution < 1.29 is 14.3 Å². The first kappa shape index (κ1) is 17.8. The highest BCUT2D eigenvalue weighted by atomic mass is 35.5. The number of rotatable bonds is 6. The summed E-state index contributed by atoms with van der Waals surface area (Å²) in [6.07, 6.45) is -0.251. The fraction of sp³-hybridized carbons (Fsp3) is 0.222. The number of carbonyl (C=O) groups is 2. The molecule has 0 radical (unpaired) electrons. The molecule has 0 spiro atoms. The maximum absolute atomic E-state index is 12.2. The Bertz CT molecular complexity index is 719. The van der Waals surface area contributed by atoms with Crippen LogP contribution in [0.15, 0.2) is 48.5 Å². The van der Waals surface area contributed by atoms with Crippen molar-refractivity contribution in [2.45, 2.75) is 13.0 Å². The largest absolute Gasteiger partial charge is 0.495 e. The lowest BCUT2D eigenvalue weighted by Gasteiger charge is -2.17. The zero-order valence-corrected chi connectivity index (χ0v) is 14.3. The summed E-state index contributed by atoms with van der Waals surface area (Å²) in [5, 5.41) is 3.13. The topological polar surface area (TPSA) is 58.6 Å². The molecule has 2 rings (SSSR count). The van der Waals surface area contributed by atoms with Gasteiger partial charge in [-0.15, -0.1) is 0 Å². The molecular weight excluding hydrogens is 328 g/mol. The molecule has 5 nitrogen and oxygen atoms in total. The molecule has 0 fully saturated rings. The number of benzene rings is 2. The van der Waals surface area contributed by atoms with Crippen LogP contribution in [0.25, 0.3) is 0 Å². The van der Waals surface area contributed by atoms with Crippen LogP contribution in [0.2, 0.25) is 5.02 Å². The second kappa shape index (κ2) is 8.36. The van der Waals surface area contributed by atoms with Gasteiger partial charge >= 0.3 is 0 Å². The molecule has 2 aromatic rings. The molecule has 0 heterocycles. The predicted octanol–water partition coefficient (Wildman–Crippen LogP) is 3.34. The minimum Gasteiger partial charge on any atom is -0.495 e. The number of carbonyl (C=O) groups excluding carboxylic acids is 2. The molecule has 0 saturated heterocycles. The number of anilines is 1. The molecule has 2 aromatic carbocycles. The van der Waals surface area contributed by atoms with Gasteiger partial charge in [-0.25, -0.2) is 0 Å². The van der Waals surface area contributed by atoms with Crippen LogP contribution in [0, 0.1) is 0 Å². The summed E-state index contributed by atoms with van der Waals surface area (Å²) >= 11 is 5.92.